The number of rotatable bonds is 6. The Labute approximate surface area is 130 Å². The van der Waals surface area contributed by atoms with E-state index in [1.54, 1.807) is 17.3 Å². The Morgan fingerprint density at radius 2 is 2.00 bits per heavy atom. The fourth-order valence-corrected chi connectivity index (χ4v) is 4.98. The molecule has 20 heavy (non-hydrogen) atoms. The fraction of sp³-hybridized carbons (Fsp3) is 0.571. The molecule has 1 aliphatic rings. The SMILES string of the molecule is CCCN(C1CC1)S(=O)(=O)c1cc(Cl)cc(CCl)c1C. The zero-order valence-corrected chi connectivity index (χ0v) is 14.0. The Kier molecular flexibility index (Phi) is 5.00. The van der Waals surface area contributed by atoms with Gasteiger partial charge in [0.05, 0.1) is 4.90 Å². The third kappa shape index (κ3) is 3.14. The highest BCUT2D eigenvalue weighted by atomic mass is 35.5. The highest BCUT2D eigenvalue weighted by Crippen LogP contribution is 2.35. The van der Waals surface area contributed by atoms with Gasteiger partial charge in [0.2, 0.25) is 10.0 Å². The molecule has 112 valence electrons. The second-order valence-electron chi connectivity index (χ2n) is 5.17. The smallest absolute Gasteiger partial charge is 0.207 e. The summed E-state index contributed by atoms with van der Waals surface area (Å²) in [7, 11) is -3.50. The lowest BCUT2D eigenvalue weighted by molar-refractivity contribution is 0.403. The van der Waals surface area contributed by atoms with Gasteiger partial charge in [-0.2, -0.15) is 4.31 Å². The number of hydrogen-bond acceptors (Lipinski definition) is 2. The van der Waals surface area contributed by atoms with Gasteiger partial charge in [-0.25, -0.2) is 8.42 Å². The average molecular weight is 336 g/mol. The molecular weight excluding hydrogens is 317 g/mol. The summed E-state index contributed by atoms with van der Waals surface area (Å²) in [5, 5.41) is 0.414. The van der Waals surface area contributed by atoms with Crippen LogP contribution in [0.2, 0.25) is 5.02 Å². The Bertz CT molecular complexity index is 597. The van der Waals surface area contributed by atoms with Crippen molar-refractivity contribution in [2.45, 2.75) is 49.9 Å². The second kappa shape index (κ2) is 6.22. The number of sulfonamides is 1. The van der Waals surface area contributed by atoms with Crippen LogP contribution in [-0.2, 0) is 15.9 Å². The van der Waals surface area contributed by atoms with Crippen molar-refractivity contribution in [3.05, 3.63) is 28.3 Å². The molecule has 0 bridgehead atoms. The number of halogens is 2. The maximum atomic E-state index is 12.9. The summed E-state index contributed by atoms with van der Waals surface area (Å²) in [6.45, 7) is 4.33. The number of benzene rings is 1. The van der Waals surface area contributed by atoms with Gasteiger partial charge in [0.1, 0.15) is 0 Å². The predicted octanol–water partition coefficient (Wildman–Crippen LogP) is 3.95. The molecule has 1 aromatic carbocycles. The molecule has 3 nitrogen and oxygen atoms in total. The monoisotopic (exact) mass is 335 g/mol. The van der Waals surface area contributed by atoms with Crippen LogP contribution in [0.4, 0.5) is 0 Å². The maximum Gasteiger partial charge on any atom is 0.243 e. The van der Waals surface area contributed by atoms with Crippen molar-refractivity contribution >= 4 is 33.2 Å². The van der Waals surface area contributed by atoms with E-state index in [1.165, 1.54) is 6.07 Å². The molecule has 1 fully saturated rings. The van der Waals surface area contributed by atoms with Gasteiger partial charge in [0.15, 0.2) is 0 Å². The van der Waals surface area contributed by atoms with Crippen molar-refractivity contribution in [2.75, 3.05) is 6.54 Å². The van der Waals surface area contributed by atoms with E-state index < -0.39 is 10.0 Å². The predicted molar refractivity (Wildman–Crippen MR) is 83.0 cm³/mol. The highest BCUT2D eigenvalue weighted by molar-refractivity contribution is 7.89. The van der Waals surface area contributed by atoms with Crippen LogP contribution in [0.1, 0.15) is 37.3 Å². The Hall–Kier alpha value is -0.290. The molecule has 0 aliphatic heterocycles. The van der Waals surface area contributed by atoms with E-state index in [0.717, 1.165) is 24.8 Å². The van der Waals surface area contributed by atoms with Crippen LogP contribution in [0, 0.1) is 6.92 Å². The zero-order valence-electron chi connectivity index (χ0n) is 11.7. The topological polar surface area (TPSA) is 37.4 Å². The summed E-state index contributed by atoms with van der Waals surface area (Å²) in [4.78, 5) is 0.293. The molecule has 2 rings (SSSR count). The highest BCUT2D eigenvalue weighted by Gasteiger charge is 2.38. The van der Waals surface area contributed by atoms with E-state index in [1.807, 2.05) is 6.92 Å². The van der Waals surface area contributed by atoms with Gasteiger partial charge in [0, 0.05) is 23.5 Å². The van der Waals surface area contributed by atoms with Gasteiger partial charge in [-0.1, -0.05) is 18.5 Å². The minimum Gasteiger partial charge on any atom is -0.207 e. The molecule has 1 saturated carbocycles. The number of nitrogens with zero attached hydrogens (tertiary/aromatic N) is 1. The number of alkyl halides is 1. The molecule has 1 aliphatic carbocycles. The molecular formula is C14H19Cl2NO2S. The second-order valence-corrected chi connectivity index (χ2v) is 7.73. The lowest BCUT2D eigenvalue weighted by atomic mass is 10.1. The minimum absolute atomic E-state index is 0.151. The average Bonchev–Trinajstić information content (AvgIpc) is 3.22. The lowest BCUT2D eigenvalue weighted by Crippen LogP contribution is -2.34. The molecule has 0 radical (unpaired) electrons. The standard InChI is InChI=1S/C14H19Cl2NO2S/c1-3-6-17(13-4-5-13)20(18,19)14-8-12(16)7-11(9-15)10(14)2/h7-8,13H,3-6,9H2,1-2H3. The molecule has 6 heteroatoms. The van der Waals surface area contributed by atoms with Crippen LogP contribution in [0.25, 0.3) is 0 Å². The molecule has 0 unspecified atom stereocenters. The molecule has 0 N–H and O–H groups in total. The normalized spacial score (nSPS) is 15.8. The summed E-state index contributed by atoms with van der Waals surface area (Å²) >= 11 is 11.9. The minimum atomic E-state index is -3.50. The van der Waals surface area contributed by atoms with Crippen LogP contribution in [-0.4, -0.2) is 25.3 Å². The molecule has 1 aromatic rings. The largest absolute Gasteiger partial charge is 0.243 e. The molecule has 0 heterocycles. The van der Waals surface area contributed by atoms with Crippen molar-refractivity contribution in [1.82, 2.24) is 4.31 Å². The third-order valence-electron chi connectivity index (χ3n) is 3.56. The first kappa shape index (κ1) is 16.1. The van der Waals surface area contributed by atoms with Crippen LogP contribution in [0.15, 0.2) is 17.0 Å². The third-order valence-corrected chi connectivity index (χ3v) is 6.15. The van der Waals surface area contributed by atoms with Gasteiger partial charge in [-0.05, 0) is 49.4 Å². The molecule has 0 atom stereocenters. The zero-order chi connectivity index (χ0) is 14.9. The van der Waals surface area contributed by atoms with Crippen molar-refractivity contribution in [1.29, 1.82) is 0 Å². The van der Waals surface area contributed by atoms with E-state index >= 15 is 0 Å². The summed E-state index contributed by atoms with van der Waals surface area (Å²) in [6.07, 6.45) is 2.69. The van der Waals surface area contributed by atoms with E-state index in [2.05, 4.69) is 0 Å². The maximum absolute atomic E-state index is 12.9. The molecule has 0 spiro atoms. The van der Waals surface area contributed by atoms with Crippen molar-refractivity contribution < 1.29 is 8.42 Å². The summed E-state index contributed by atoms with van der Waals surface area (Å²) in [6, 6.07) is 3.41. The summed E-state index contributed by atoms with van der Waals surface area (Å²) < 4.78 is 27.4. The van der Waals surface area contributed by atoms with Gasteiger partial charge in [0.25, 0.3) is 0 Å². The fourth-order valence-electron chi connectivity index (χ4n) is 2.32. The van der Waals surface area contributed by atoms with Gasteiger partial charge in [-0.15, -0.1) is 11.6 Å². The van der Waals surface area contributed by atoms with E-state index in [4.69, 9.17) is 23.2 Å². The molecule has 0 aromatic heterocycles. The van der Waals surface area contributed by atoms with Gasteiger partial charge >= 0.3 is 0 Å². The van der Waals surface area contributed by atoms with Crippen molar-refractivity contribution in [3.63, 3.8) is 0 Å². The van der Waals surface area contributed by atoms with Crippen molar-refractivity contribution in [2.24, 2.45) is 0 Å². The van der Waals surface area contributed by atoms with Crippen LogP contribution >= 0.6 is 23.2 Å². The number of hydrogen-bond donors (Lipinski definition) is 0. The first-order chi connectivity index (χ1) is 9.41. The van der Waals surface area contributed by atoms with E-state index in [9.17, 15) is 8.42 Å². The van der Waals surface area contributed by atoms with Crippen LogP contribution < -0.4 is 0 Å². The lowest BCUT2D eigenvalue weighted by Gasteiger charge is -2.23. The van der Waals surface area contributed by atoms with Crippen LogP contribution in [0.5, 0.6) is 0 Å². The van der Waals surface area contributed by atoms with E-state index in [-0.39, 0.29) is 11.9 Å². The molecule has 0 amide bonds. The van der Waals surface area contributed by atoms with Crippen LogP contribution in [0.3, 0.4) is 0 Å². The summed E-state index contributed by atoms with van der Waals surface area (Å²) in [5.41, 5.74) is 1.47. The first-order valence-corrected chi connectivity index (χ1v) is 9.14. The van der Waals surface area contributed by atoms with Gasteiger partial charge < -0.3 is 0 Å². The summed E-state index contributed by atoms with van der Waals surface area (Å²) in [5.74, 6) is 0.256. The molecule has 0 saturated heterocycles. The van der Waals surface area contributed by atoms with Crippen molar-refractivity contribution in [3.8, 4) is 0 Å². The Morgan fingerprint density at radius 1 is 1.35 bits per heavy atom. The van der Waals surface area contributed by atoms with E-state index in [0.29, 0.717) is 22.0 Å². The van der Waals surface area contributed by atoms with Gasteiger partial charge in [-0.3, -0.25) is 0 Å². The Balaban J connectivity index is 2.50. The Morgan fingerprint density at radius 3 is 2.50 bits per heavy atom. The quantitative estimate of drug-likeness (QED) is 0.738. The first-order valence-electron chi connectivity index (χ1n) is 6.78.